The molecular formula is C16H18N2O4. The molecule has 0 aromatic heterocycles. The number of hydrogen-bond donors (Lipinski definition) is 1. The number of benzene rings is 1. The molecule has 1 aromatic rings. The van der Waals surface area contributed by atoms with Crippen LogP contribution in [0.4, 0.5) is 0 Å². The summed E-state index contributed by atoms with van der Waals surface area (Å²) < 4.78 is 9.95. The van der Waals surface area contributed by atoms with Crippen LogP contribution in [0.25, 0.3) is 0 Å². The normalized spacial score (nSPS) is 16.0. The smallest absolute Gasteiger partial charge is 0.338 e. The van der Waals surface area contributed by atoms with Crippen LogP contribution in [0.3, 0.4) is 0 Å². The maximum absolute atomic E-state index is 11.8. The van der Waals surface area contributed by atoms with Gasteiger partial charge in [0.15, 0.2) is 6.61 Å². The molecule has 2 rings (SSSR count). The fourth-order valence-corrected chi connectivity index (χ4v) is 2.15. The number of esters is 1. The largest absolute Gasteiger partial charge is 0.497 e. The lowest BCUT2D eigenvalue weighted by Gasteiger charge is -2.22. The van der Waals surface area contributed by atoms with Gasteiger partial charge in [-0.2, -0.15) is 5.26 Å². The van der Waals surface area contributed by atoms with E-state index in [1.165, 1.54) is 7.11 Å². The monoisotopic (exact) mass is 302 g/mol. The van der Waals surface area contributed by atoms with Gasteiger partial charge in [0.05, 0.1) is 18.7 Å². The molecule has 0 bridgehead atoms. The summed E-state index contributed by atoms with van der Waals surface area (Å²) in [6, 6.07) is 8.50. The van der Waals surface area contributed by atoms with Gasteiger partial charge in [-0.05, 0) is 49.9 Å². The van der Waals surface area contributed by atoms with Crippen molar-refractivity contribution >= 4 is 11.9 Å². The highest BCUT2D eigenvalue weighted by Crippen LogP contribution is 2.39. The van der Waals surface area contributed by atoms with Crippen LogP contribution in [0.1, 0.15) is 30.1 Å². The summed E-state index contributed by atoms with van der Waals surface area (Å²) >= 11 is 0. The van der Waals surface area contributed by atoms with Crippen molar-refractivity contribution in [2.75, 3.05) is 13.7 Å². The SMILES string of the molecule is COc1ccc(C(=O)OCC(=O)N[C@](C)(C#N)C2CC2)cc1. The van der Waals surface area contributed by atoms with E-state index in [-0.39, 0.29) is 5.92 Å². The lowest BCUT2D eigenvalue weighted by molar-refractivity contribution is -0.125. The third kappa shape index (κ3) is 3.76. The fourth-order valence-electron chi connectivity index (χ4n) is 2.15. The lowest BCUT2D eigenvalue weighted by Crippen LogP contribution is -2.48. The second kappa shape index (κ2) is 6.48. The van der Waals surface area contributed by atoms with Crippen molar-refractivity contribution in [3.63, 3.8) is 0 Å². The molecule has 1 amide bonds. The first-order chi connectivity index (χ1) is 10.5. The number of nitriles is 1. The number of methoxy groups -OCH3 is 1. The molecule has 116 valence electrons. The first kappa shape index (κ1) is 15.8. The molecule has 22 heavy (non-hydrogen) atoms. The number of ether oxygens (including phenoxy) is 2. The Balaban J connectivity index is 1.85. The molecule has 0 heterocycles. The van der Waals surface area contributed by atoms with Crippen molar-refractivity contribution in [1.29, 1.82) is 5.26 Å². The molecule has 1 aliphatic rings. The van der Waals surface area contributed by atoms with E-state index in [1.54, 1.807) is 31.2 Å². The van der Waals surface area contributed by atoms with Crippen LogP contribution < -0.4 is 10.1 Å². The van der Waals surface area contributed by atoms with Gasteiger partial charge in [0.1, 0.15) is 11.3 Å². The van der Waals surface area contributed by atoms with Gasteiger partial charge >= 0.3 is 5.97 Å². The maximum Gasteiger partial charge on any atom is 0.338 e. The van der Waals surface area contributed by atoms with E-state index in [2.05, 4.69) is 11.4 Å². The van der Waals surface area contributed by atoms with Gasteiger partial charge in [-0.1, -0.05) is 0 Å². The van der Waals surface area contributed by atoms with Crippen molar-refractivity contribution in [2.45, 2.75) is 25.3 Å². The van der Waals surface area contributed by atoms with E-state index in [0.717, 1.165) is 12.8 Å². The van der Waals surface area contributed by atoms with E-state index < -0.39 is 24.0 Å². The Labute approximate surface area is 129 Å². The number of amides is 1. The predicted molar refractivity (Wildman–Crippen MR) is 78.2 cm³/mol. The number of carbonyl (C=O) groups excluding carboxylic acids is 2. The highest BCUT2D eigenvalue weighted by atomic mass is 16.5. The topological polar surface area (TPSA) is 88.4 Å². The molecule has 0 aliphatic heterocycles. The molecular weight excluding hydrogens is 284 g/mol. The third-order valence-corrected chi connectivity index (χ3v) is 3.69. The van der Waals surface area contributed by atoms with Crippen molar-refractivity contribution < 1.29 is 19.1 Å². The van der Waals surface area contributed by atoms with Gasteiger partial charge in [-0.25, -0.2) is 4.79 Å². The average Bonchev–Trinajstić information content (AvgIpc) is 3.38. The number of nitrogens with zero attached hydrogens (tertiary/aromatic N) is 1. The number of rotatable bonds is 6. The number of hydrogen-bond acceptors (Lipinski definition) is 5. The van der Waals surface area contributed by atoms with Crippen molar-refractivity contribution in [1.82, 2.24) is 5.32 Å². The van der Waals surface area contributed by atoms with Gasteiger partial charge in [0.25, 0.3) is 5.91 Å². The minimum atomic E-state index is -0.885. The van der Waals surface area contributed by atoms with Crippen LogP contribution in [0.15, 0.2) is 24.3 Å². The van der Waals surface area contributed by atoms with Gasteiger partial charge in [-0.15, -0.1) is 0 Å². The van der Waals surface area contributed by atoms with E-state index in [0.29, 0.717) is 11.3 Å². The Hall–Kier alpha value is -2.55. The maximum atomic E-state index is 11.8. The Morgan fingerprint density at radius 1 is 1.36 bits per heavy atom. The van der Waals surface area contributed by atoms with Crippen molar-refractivity contribution in [2.24, 2.45) is 5.92 Å². The Bertz CT molecular complexity index is 602. The summed E-state index contributed by atoms with van der Waals surface area (Å²) in [4.78, 5) is 23.6. The van der Waals surface area contributed by atoms with E-state index >= 15 is 0 Å². The molecule has 0 unspecified atom stereocenters. The van der Waals surface area contributed by atoms with Crippen LogP contribution in [-0.2, 0) is 9.53 Å². The molecule has 1 N–H and O–H groups in total. The molecule has 6 nitrogen and oxygen atoms in total. The van der Waals surface area contributed by atoms with Gasteiger partial charge in [0, 0.05) is 0 Å². The van der Waals surface area contributed by atoms with E-state index in [1.807, 2.05) is 0 Å². The van der Waals surface area contributed by atoms with Gasteiger partial charge in [0.2, 0.25) is 0 Å². The quantitative estimate of drug-likeness (QED) is 0.807. The minimum absolute atomic E-state index is 0.179. The van der Waals surface area contributed by atoms with E-state index in [4.69, 9.17) is 14.7 Å². The summed E-state index contributed by atoms with van der Waals surface area (Å²) in [5.74, 6) is -0.261. The van der Waals surface area contributed by atoms with Crippen LogP contribution in [0.2, 0.25) is 0 Å². The Morgan fingerprint density at radius 3 is 2.50 bits per heavy atom. The number of nitrogens with one attached hydrogen (secondary N) is 1. The van der Waals surface area contributed by atoms with Crippen molar-refractivity contribution in [3.05, 3.63) is 29.8 Å². The lowest BCUT2D eigenvalue weighted by atomic mass is 9.98. The molecule has 1 saturated carbocycles. The average molecular weight is 302 g/mol. The molecule has 1 fully saturated rings. The van der Waals surface area contributed by atoms with E-state index in [9.17, 15) is 9.59 Å². The predicted octanol–water partition coefficient (Wildman–Crippen LogP) is 1.66. The second-order valence-electron chi connectivity index (χ2n) is 5.44. The highest BCUT2D eigenvalue weighted by Gasteiger charge is 2.43. The van der Waals surface area contributed by atoms with Crippen molar-refractivity contribution in [3.8, 4) is 11.8 Å². The number of carbonyl (C=O) groups is 2. The Morgan fingerprint density at radius 2 is 2.00 bits per heavy atom. The molecule has 1 aliphatic carbocycles. The molecule has 1 atom stereocenters. The summed E-state index contributed by atoms with van der Waals surface area (Å²) in [5.41, 5.74) is -0.553. The first-order valence-electron chi connectivity index (χ1n) is 7.02. The van der Waals surface area contributed by atoms with Crippen LogP contribution in [0.5, 0.6) is 5.75 Å². The van der Waals surface area contributed by atoms with Crippen LogP contribution in [-0.4, -0.2) is 31.1 Å². The van der Waals surface area contributed by atoms with Crippen LogP contribution >= 0.6 is 0 Å². The van der Waals surface area contributed by atoms with Crippen LogP contribution in [0, 0.1) is 17.2 Å². The minimum Gasteiger partial charge on any atom is -0.497 e. The zero-order chi connectivity index (χ0) is 16.2. The summed E-state index contributed by atoms with van der Waals surface area (Å²) in [6.45, 7) is 1.28. The zero-order valence-electron chi connectivity index (χ0n) is 12.6. The summed E-state index contributed by atoms with van der Waals surface area (Å²) in [7, 11) is 1.53. The molecule has 0 radical (unpaired) electrons. The second-order valence-corrected chi connectivity index (χ2v) is 5.44. The standard InChI is InChI=1S/C16H18N2O4/c1-16(10-17,12-5-6-12)18-14(19)9-22-15(20)11-3-7-13(21-2)8-4-11/h3-4,7-8,12H,5-6,9H2,1-2H3,(H,18,19)/t16-/m1/s1. The fraction of sp³-hybridized carbons (Fsp3) is 0.438. The summed E-state index contributed by atoms with van der Waals surface area (Å²) in [6.07, 6.45) is 1.85. The Kier molecular flexibility index (Phi) is 4.66. The molecule has 6 heteroatoms. The molecule has 0 spiro atoms. The molecule has 0 saturated heterocycles. The van der Waals surface area contributed by atoms with Gasteiger partial charge < -0.3 is 14.8 Å². The third-order valence-electron chi connectivity index (χ3n) is 3.69. The van der Waals surface area contributed by atoms with Gasteiger partial charge in [-0.3, -0.25) is 4.79 Å². The first-order valence-corrected chi connectivity index (χ1v) is 7.02. The molecule has 1 aromatic carbocycles. The summed E-state index contributed by atoms with van der Waals surface area (Å²) in [5, 5.41) is 11.8. The highest BCUT2D eigenvalue weighted by molar-refractivity contribution is 5.91. The zero-order valence-corrected chi connectivity index (χ0v) is 12.6.